The van der Waals surface area contributed by atoms with Gasteiger partial charge in [0.05, 0.1) is 6.61 Å². The second-order valence-corrected chi connectivity index (χ2v) is 4.41. The first-order valence-corrected chi connectivity index (χ1v) is 5.22. The third kappa shape index (κ3) is 1.54. The van der Waals surface area contributed by atoms with Crippen molar-refractivity contribution in [2.24, 2.45) is 5.73 Å². The fraction of sp³-hybridized carbons (Fsp3) is 0.455. The number of halogens is 1. The normalized spacial score (nSPS) is 19.1. The van der Waals surface area contributed by atoms with Crippen molar-refractivity contribution in [3.05, 3.63) is 34.3 Å². The maximum Gasteiger partial charge on any atom is 0.0685 e. The summed E-state index contributed by atoms with van der Waals surface area (Å²) in [6.45, 7) is 0.00877. The van der Waals surface area contributed by atoms with Crippen molar-refractivity contribution >= 4 is 11.6 Å². The highest BCUT2D eigenvalue weighted by atomic mass is 35.5. The van der Waals surface area contributed by atoms with Crippen LogP contribution in [0.3, 0.4) is 0 Å². The molecule has 0 saturated heterocycles. The van der Waals surface area contributed by atoms with Crippen molar-refractivity contribution in [1.82, 2.24) is 0 Å². The molecule has 0 heterocycles. The highest BCUT2D eigenvalue weighted by Gasteiger charge is 2.35. The van der Waals surface area contributed by atoms with Crippen LogP contribution in [0.4, 0.5) is 0 Å². The Morgan fingerprint density at radius 3 is 2.64 bits per heavy atom. The van der Waals surface area contributed by atoms with Crippen LogP contribution < -0.4 is 5.73 Å². The van der Waals surface area contributed by atoms with E-state index < -0.39 is 0 Å². The lowest BCUT2D eigenvalue weighted by Gasteiger charge is -2.39. The van der Waals surface area contributed by atoms with Crippen LogP contribution in [0.1, 0.15) is 30.4 Å². The van der Waals surface area contributed by atoms with Crippen molar-refractivity contribution in [2.75, 3.05) is 0 Å². The number of rotatable bonds is 2. The monoisotopic (exact) mass is 211 g/mol. The van der Waals surface area contributed by atoms with E-state index in [1.165, 1.54) is 6.42 Å². The van der Waals surface area contributed by atoms with Gasteiger partial charge >= 0.3 is 0 Å². The van der Waals surface area contributed by atoms with Crippen molar-refractivity contribution in [1.29, 1.82) is 0 Å². The van der Waals surface area contributed by atoms with Crippen molar-refractivity contribution in [2.45, 2.75) is 31.4 Å². The Hall–Kier alpha value is -0.570. The largest absolute Gasteiger partial charge is 0.392 e. The standard InChI is InChI=1S/C11H14ClNO/c12-9-2-3-10(8(6-9)7-14)11(13)4-1-5-11/h2-3,6,14H,1,4-5,7,13H2. The van der Waals surface area contributed by atoms with Crippen LogP contribution in [-0.2, 0) is 12.1 Å². The first-order chi connectivity index (χ1) is 6.65. The topological polar surface area (TPSA) is 46.2 Å². The van der Waals surface area contributed by atoms with E-state index in [1.54, 1.807) is 6.07 Å². The first kappa shape index (κ1) is 9.97. The molecule has 1 saturated carbocycles. The van der Waals surface area contributed by atoms with Crippen LogP contribution >= 0.6 is 11.6 Å². The minimum absolute atomic E-state index is 0.00877. The smallest absolute Gasteiger partial charge is 0.0685 e. The van der Waals surface area contributed by atoms with Crippen LogP contribution in [0.5, 0.6) is 0 Å². The van der Waals surface area contributed by atoms with Gasteiger partial charge in [-0.1, -0.05) is 17.7 Å². The van der Waals surface area contributed by atoms with E-state index in [4.69, 9.17) is 17.3 Å². The van der Waals surface area contributed by atoms with Crippen molar-refractivity contribution in [3.63, 3.8) is 0 Å². The van der Waals surface area contributed by atoms with E-state index in [1.807, 2.05) is 12.1 Å². The summed E-state index contributed by atoms with van der Waals surface area (Å²) >= 11 is 5.85. The minimum Gasteiger partial charge on any atom is -0.392 e. The summed E-state index contributed by atoms with van der Waals surface area (Å²) in [6.07, 6.45) is 3.17. The molecule has 3 heteroatoms. The van der Waals surface area contributed by atoms with E-state index >= 15 is 0 Å². The molecule has 0 bridgehead atoms. The van der Waals surface area contributed by atoms with Crippen LogP contribution in [-0.4, -0.2) is 5.11 Å². The van der Waals surface area contributed by atoms with Gasteiger partial charge < -0.3 is 10.8 Å². The summed E-state index contributed by atoms with van der Waals surface area (Å²) < 4.78 is 0. The molecule has 0 aromatic heterocycles. The molecule has 0 radical (unpaired) electrons. The zero-order valence-corrected chi connectivity index (χ0v) is 8.72. The van der Waals surface area contributed by atoms with E-state index in [9.17, 15) is 5.11 Å². The Morgan fingerprint density at radius 1 is 1.43 bits per heavy atom. The quantitative estimate of drug-likeness (QED) is 0.788. The van der Waals surface area contributed by atoms with Gasteiger partial charge in [-0.2, -0.15) is 0 Å². The third-order valence-corrected chi connectivity index (χ3v) is 3.25. The van der Waals surface area contributed by atoms with Gasteiger partial charge in [-0.25, -0.2) is 0 Å². The van der Waals surface area contributed by atoms with E-state index in [0.29, 0.717) is 5.02 Å². The van der Waals surface area contributed by atoms with E-state index in [2.05, 4.69) is 0 Å². The molecule has 14 heavy (non-hydrogen) atoms. The zero-order valence-electron chi connectivity index (χ0n) is 7.96. The molecule has 0 spiro atoms. The summed E-state index contributed by atoms with van der Waals surface area (Å²) in [7, 11) is 0. The Morgan fingerprint density at radius 2 is 2.14 bits per heavy atom. The van der Waals surface area contributed by atoms with Crippen LogP contribution in [0, 0.1) is 0 Å². The van der Waals surface area contributed by atoms with Crippen LogP contribution in [0.25, 0.3) is 0 Å². The lowest BCUT2D eigenvalue weighted by atomic mass is 9.71. The Balaban J connectivity index is 2.41. The van der Waals surface area contributed by atoms with Gasteiger partial charge in [0.2, 0.25) is 0 Å². The number of benzene rings is 1. The second kappa shape index (κ2) is 3.54. The lowest BCUT2D eigenvalue weighted by molar-refractivity contribution is 0.237. The molecule has 1 aromatic carbocycles. The van der Waals surface area contributed by atoms with Gasteiger partial charge in [-0.15, -0.1) is 0 Å². The Labute approximate surface area is 88.7 Å². The predicted octanol–water partition coefficient (Wildman–Crippen LogP) is 2.17. The lowest BCUT2D eigenvalue weighted by Crippen LogP contribution is -2.44. The van der Waals surface area contributed by atoms with Crippen LogP contribution in [0.15, 0.2) is 18.2 Å². The molecule has 3 N–H and O–H groups in total. The Kier molecular flexibility index (Phi) is 2.52. The average Bonchev–Trinajstić information content (AvgIpc) is 2.14. The van der Waals surface area contributed by atoms with Gasteiger partial charge in [-0.05, 0) is 42.5 Å². The molecule has 0 atom stereocenters. The summed E-state index contributed by atoms with van der Waals surface area (Å²) in [5.74, 6) is 0. The summed E-state index contributed by atoms with van der Waals surface area (Å²) in [5.41, 5.74) is 7.89. The molecule has 1 aromatic rings. The number of aliphatic hydroxyl groups is 1. The maximum absolute atomic E-state index is 9.21. The van der Waals surface area contributed by atoms with Gasteiger partial charge in [0.15, 0.2) is 0 Å². The molecule has 2 rings (SSSR count). The molecule has 1 fully saturated rings. The number of hydrogen-bond acceptors (Lipinski definition) is 2. The minimum atomic E-state index is -0.220. The van der Waals surface area contributed by atoms with E-state index in [0.717, 1.165) is 24.0 Å². The van der Waals surface area contributed by atoms with Gasteiger partial charge in [0.25, 0.3) is 0 Å². The van der Waals surface area contributed by atoms with Crippen molar-refractivity contribution < 1.29 is 5.11 Å². The molecular weight excluding hydrogens is 198 g/mol. The molecule has 1 aliphatic carbocycles. The number of nitrogens with two attached hydrogens (primary N) is 1. The molecule has 0 amide bonds. The number of aliphatic hydroxyl groups excluding tert-OH is 1. The fourth-order valence-corrected chi connectivity index (χ4v) is 2.20. The van der Waals surface area contributed by atoms with Crippen molar-refractivity contribution in [3.8, 4) is 0 Å². The van der Waals surface area contributed by atoms with Gasteiger partial charge in [-0.3, -0.25) is 0 Å². The molecule has 1 aliphatic rings. The molecule has 0 aliphatic heterocycles. The van der Waals surface area contributed by atoms with Gasteiger partial charge in [0.1, 0.15) is 0 Å². The second-order valence-electron chi connectivity index (χ2n) is 3.97. The number of hydrogen-bond donors (Lipinski definition) is 2. The third-order valence-electron chi connectivity index (χ3n) is 3.02. The molecule has 2 nitrogen and oxygen atoms in total. The molecule has 0 unspecified atom stereocenters. The highest BCUT2D eigenvalue weighted by molar-refractivity contribution is 6.30. The first-order valence-electron chi connectivity index (χ1n) is 4.84. The van der Waals surface area contributed by atoms with Gasteiger partial charge in [0, 0.05) is 10.6 Å². The van der Waals surface area contributed by atoms with Crippen LogP contribution in [0.2, 0.25) is 5.02 Å². The highest BCUT2D eigenvalue weighted by Crippen LogP contribution is 2.40. The SMILES string of the molecule is NC1(c2ccc(Cl)cc2CO)CCC1. The zero-order chi connectivity index (χ0) is 10.2. The molecule has 76 valence electrons. The molecular formula is C11H14ClNO. The van der Waals surface area contributed by atoms with E-state index in [-0.39, 0.29) is 12.1 Å². The average molecular weight is 212 g/mol. The fourth-order valence-electron chi connectivity index (χ4n) is 2.01. The predicted molar refractivity (Wildman–Crippen MR) is 57.1 cm³/mol. The summed E-state index contributed by atoms with van der Waals surface area (Å²) in [6, 6.07) is 5.57. The summed E-state index contributed by atoms with van der Waals surface area (Å²) in [5, 5.41) is 9.87. The Bertz CT molecular complexity index is 347. The summed E-state index contributed by atoms with van der Waals surface area (Å²) in [4.78, 5) is 0. The maximum atomic E-state index is 9.21.